The van der Waals surface area contributed by atoms with Gasteiger partial charge in [-0.1, -0.05) is 25.4 Å². The van der Waals surface area contributed by atoms with Gasteiger partial charge in [0.15, 0.2) is 5.78 Å². The average Bonchev–Trinajstić information content (AvgIpc) is 2.40. The summed E-state index contributed by atoms with van der Waals surface area (Å²) in [6.45, 7) is 4.19. The van der Waals surface area contributed by atoms with Gasteiger partial charge in [0.2, 0.25) is 0 Å². The number of rotatable bonds is 4. The lowest BCUT2D eigenvalue weighted by Gasteiger charge is -2.11. The van der Waals surface area contributed by atoms with Gasteiger partial charge in [0.1, 0.15) is 0 Å². The lowest BCUT2D eigenvalue weighted by Crippen LogP contribution is -2.04. The largest absolute Gasteiger partial charge is 0.399 e. The first-order chi connectivity index (χ1) is 9.47. The number of ketones is 1. The van der Waals surface area contributed by atoms with Crippen molar-refractivity contribution in [3.63, 3.8) is 0 Å². The second kappa shape index (κ2) is 6.33. The fourth-order valence-electron chi connectivity index (χ4n) is 1.83. The normalized spacial score (nSPS) is 10.8. The third-order valence-electron chi connectivity index (χ3n) is 2.72. The molecule has 104 valence electrons. The second-order valence-electron chi connectivity index (χ2n) is 4.76. The third kappa shape index (κ3) is 3.56. The molecule has 20 heavy (non-hydrogen) atoms. The van der Waals surface area contributed by atoms with E-state index in [4.69, 9.17) is 17.3 Å². The van der Waals surface area contributed by atoms with E-state index in [1.54, 1.807) is 42.1 Å². The van der Waals surface area contributed by atoms with E-state index in [2.05, 4.69) is 13.8 Å². The molecule has 0 bridgehead atoms. The van der Waals surface area contributed by atoms with Gasteiger partial charge in [-0.05, 0) is 42.5 Å². The smallest absolute Gasteiger partial charge is 0.194 e. The quantitative estimate of drug-likeness (QED) is 0.508. The Labute approximate surface area is 128 Å². The minimum absolute atomic E-state index is 0.0318. The van der Waals surface area contributed by atoms with Gasteiger partial charge in [0, 0.05) is 32.0 Å². The molecular weight excluding hydrogens is 290 g/mol. The molecule has 0 aliphatic carbocycles. The highest BCUT2D eigenvalue weighted by molar-refractivity contribution is 8.00. The van der Waals surface area contributed by atoms with Crippen molar-refractivity contribution < 1.29 is 4.79 Å². The number of anilines is 1. The number of carbonyl (C=O) groups excluding carboxylic acids is 1. The van der Waals surface area contributed by atoms with Crippen molar-refractivity contribution in [2.45, 2.75) is 24.0 Å². The van der Waals surface area contributed by atoms with Gasteiger partial charge in [-0.15, -0.1) is 11.8 Å². The van der Waals surface area contributed by atoms with Crippen LogP contribution < -0.4 is 5.73 Å². The van der Waals surface area contributed by atoms with E-state index in [1.165, 1.54) is 0 Å². The number of carbonyl (C=O) groups is 1. The molecule has 2 nitrogen and oxygen atoms in total. The summed E-state index contributed by atoms with van der Waals surface area (Å²) >= 11 is 7.68. The molecule has 4 heteroatoms. The molecule has 2 rings (SSSR count). The van der Waals surface area contributed by atoms with Crippen LogP contribution in [0.15, 0.2) is 47.4 Å². The molecular formula is C16H16ClNOS. The van der Waals surface area contributed by atoms with Crippen LogP contribution >= 0.6 is 23.4 Å². The SMILES string of the molecule is CC(C)Sc1ccc(Cl)cc1C(=O)c1ccc(N)cc1. The van der Waals surface area contributed by atoms with Crippen LogP contribution in [-0.2, 0) is 0 Å². The lowest BCUT2D eigenvalue weighted by molar-refractivity contribution is 0.103. The molecule has 0 atom stereocenters. The second-order valence-corrected chi connectivity index (χ2v) is 6.81. The number of halogens is 1. The van der Waals surface area contributed by atoms with Gasteiger partial charge in [-0.3, -0.25) is 4.79 Å². The number of benzene rings is 2. The zero-order valence-electron chi connectivity index (χ0n) is 11.4. The molecule has 0 aromatic heterocycles. The first kappa shape index (κ1) is 14.9. The fraction of sp³-hybridized carbons (Fsp3) is 0.188. The van der Waals surface area contributed by atoms with Crippen LogP contribution in [0.4, 0.5) is 5.69 Å². The molecule has 0 radical (unpaired) electrons. The van der Waals surface area contributed by atoms with Crippen LogP contribution in [0.2, 0.25) is 5.02 Å². The molecule has 0 unspecified atom stereocenters. The predicted molar refractivity (Wildman–Crippen MR) is 86.7 cm³/mol. The molecule has 0 amide bonds. The maximum Gasteiger partial charge on any atom is 0.194 e. The van der Waals surface area contributed by atoms with Gasteiger partial charge < -0.3 is 5.73 Å². The standard InChI is InChI=1S/C16H16ClNOS/c1-10(2)20-15-8-5-12(17)9-14(15)16(19)11-3-6-13(18)7-4-11/h3-10H,18H2,1-2H3. The van der Waals surface area contributed by atoms with E-state index >= 15 is 0 Å². The average molecular weight is 306 g/mol. The molecule has 0 spiro atoms. The summed E-state index contributed by atoms with van der Waals surface area (Å²) in [6.07, 6.45) is 0. The van der Waals surface area contributed by atoms with Crippen LogP contribution in [0.1, 0.15) is 29.8 Å². The summed E-state index contributed by atoms with van der Waals surface area (Å²) in [5.41, 5.74) is 7.55. The first-order valence-electron chi connectivity index (χ1n) is 6.34. The summed E-state index contributed by atoms with van der Waals surface area (Å²) in [7, 11) is 0. The number of hydrogen-bond acceptors (Lipinski definition) is 3. The molecule has 0 heterocycles. The van der Waals surface area contributed by atoms with Crippen molar-refractivity contribution in [3.8, 4) is 0 Å². The molecule has 0 fully saturated rings. The van der Waals surface area contributed by atoms with Crippen LogP contribution in [0.3, 0.4) is 0 Å². The summed E-state index contributed by atoms with van der Waals surface area (Å²) in [4.78, 5) is 13.5. The number of nitrogen functional groups attached to an aromatic ring is 1. The highest BCUT2D eigenvalue weighted by Gasteiger charge is 2.15. The van der Waals surface area contributed by atoms with E-state index in [-0.39, 0.29) is 5.78 Å². The molecule has 0 saturated heterocycles. The summed E-state index contributed by atoms with van der Waals surface area (Å²) in [6, 6.07) is 12.4. The summed E-state index contributed by atoms with van der Waals surface area (Å²) < 4.78 is 0. The van der Waals surface area contributed by atoms with Crippen molar-refractivity contribution >= 4 is 34.8 Å². The molecule has 2 N–H and O–H groups in total. The maximum absolute atomic E-state index is 12.6. The minimum Gasteiger partial charge on any atom is -0.399 e. The van der Waals surface area contributed by atoms with Crippen LogP contribution in [0.25, 0.3) is 0 Å². The van der Waals surface area contributed by atoms with Gasteiger partial charge in [-0.2, -0.15) is 0 Å². The van der Waals surface area contributed by atoms with E-state index in [0.717, 1.165) is 4.90 Å². The fourth-order valence-corrected chi connectivity index (χ4v) is 2.93. The minimum atomic E-state index is -0.0318. The lowest BCUT2D eigenvalue weighted by atomic mass is 10.0. The molecule has 0 aliphatic rings. The molecule has 0 aliphatic heterocycles. The summed E-state index contributed by atoms with van der Waals surface area (Å²) in [5, 5.41) is 0.964. The van der Waals surface area contributed by atoms with Gasteiger partial charge in [-0.25, -0.2) is 0 Å². The number of nitrogens with two attached hydrogens (primary N) is 1. The summed E-state index contributed by atoms with van der Waals surface area (Å²) in [5.74, 6) is -0.0318. The number of hydrogen-bond donors (Lipinski definition) is 1. The Balaban J connectivity index is 2.42. The zero-order valence-corrected chi connectivity index (χ0v) is 13.0. The van der Waals surface area contributed by atoms with Gasteiger partial charge in [0.05, 0.1) is 0 Å². The van der Waals surface area contributed by atoms with Crippen molar-refractivity contribution in [1.29, 1.82) is 0 Å². The van der Waals surface area contributed by atoms with Crippen molar-refractivity contribution in [3.05, 3.63) is 58.6 Å². The maximum atomic E-state index is 12.6. The highest BCUT2D eigenvalue weighted by atomic mass is 35.5. The van der Waals surface area contributed by atoms with Crippen molar-refractivity contribution in [2.24, 2.45) is 0 Å². The number of thioether (sulfide) groups is 1. The van der Waals surface area contributed by atoms with E-state index in [0.29, 0.717) is 27.1 Å². The molecule has 2 aromatic carbocycles. The van der Waals surface area contributed by atoms with E-state index < -0.39 is 0 Å². The highest BCUT2D eigenvalue weighted by Crippen LogP contribution is 2.30. The topological polar surface area (TPSA) is 43.1 Å². The Hall–Kier alpha value is -1.45. The van der Waals surface area contributed by atoms with Crippen LogP contribution in [0.5, 0.6) is 0 Å². The van der Waals surface area contributed by atoms with Gasteiger partial charge in [0.25, 0.3) is 0 Å². The Morgan fingerprint density at radius 3 is 2.40 bits per heavy atom. The Morgan fingerprint density at radius 2 is 1.80 bits per heavy atom. The monoisotopic (exact) mass is 305 g/mol. The van der Waals surface area contributed by atoms with Crippen LogP contribution in [-0.4, -0.2) is 11.0 Å². The third-order valence-corrected chi connectivity index (χ3v) is 4.04. The zero-order chi connectivity index (χ0) is 14.7. The molecule has 2 aromatic rings. The van der Waals surface area contributed by atoms with E-state index in [1.807, 2.05) is 12.1 Å². The van der Waals surface area contributed by atoms with E-state index in [9.17, 15) is 4.79 Å². The Morgan fingerprint density at radius 1 is 1.15 bits per heavy atom. The van der Waals surface area contributed by atoms with Crippen molar-refractivity contribution in [1.82, 2.24) is 0 Å². The van der Waals surface area contributed by atoms with Gasteiger partial charge >= 0.3 is 0 Å². The van der Waals surface area contributed by atoms with Crippen LogP contribution in [0, 0.1) is 0 Å². The van der Waals surface area contributed by atoms with Crippen molar-refractivity contribution in [2.75, 3.05) is 5.73 Å². The molecule has 0 saturated carbocycles. The first-order valence-corrected chi connectivity index (χ1v) is 7.59. The predicted octanol–water partition coefficient (Wildman–Crippen LogP) is 4.65. The Bertz CT molecular complexity index is 623. The Kier molecular flexibility index (Phi) is 4.73.